The Labute approximate surface area is 244 Å². The largest absolute Gasteiger partial charge is 0.465 e. The number of ether oxygens (including phenoxy) is 8. The van der Waals surface area contributed by atoms with Gasteiger partial charge in [0.15, 0.2) is 0 Å². The SMILES string of the molecule is CC(=O)OCCOCC(COCCOC=O)(COCCOC(=O)CCCN=C=O)COCCOC(=O)CCCN=C=O. The van der Waals surface area contributed by atoms with Crippen LogP contribution in [-0.2, 0) is 66.7 Å². The first-order chi connectivity index (χ1) is 20.4. The molecular formula is C26H40N2O14. The summed E-state index contributed by atoms with van der Waals surface area (Å²) in [6.45, 7) is 2.41. The maximum atomic E-state index is 11.8. The van der Waals surface area contributed by atoms with Crippen molar-refractivity contribution in [1.82, 2.24) is 0 Å². The zero-order valence-electron chi connectivity index (χ0n) is 23.9. The molecule has 16 nitrogen and oxygen atoms in total. The topological polar surface area (TPSA) is 201 Å². The molecule has 0 fully saturated rings. The second kappa shape index (κ2) is 27.6. The average Bonchev–Trinajstić information content (AvgIpc) is 2.96. The summed E-state index contributed by atoms with van der Waals surface area (Å²) in [6, 6.07) is 0. The number of nitrogens with zero attached hydrogens (tertiary/aromatic N) is 2. The van der Waals surface area contributed by atoms with E-state index in [1.54, 1.807) is 0 Å². The summed E-state index contributed by atoms with van der Waals surface area (Å²) < 4.78 is 42.6. The zero-order valence-corrected chi connectivity index (χ0v) is 23.9. The number of isocyanates is 2. The number of rotatable bonds is 29. The van der Waals surface area contributed by atoms with Crippen LogP contribution in [0.3, 0.4) is 0 Å². The molecule has 238 valence electrons. The molecule has 0 aromatic rings. The van der Waals surface area contributed by atoms with Gasteiger partial charge in [-0.05, 0) is 12.8 Å². The highest BCUT2D eigenvalue weighted by molar-refractivity contribution is 5.69. The number of hydrogen-bond donors (Lipinski definition) is 0. The summed E-state index contributed by atoms with van der Waals surface area (Å²) >= 11 is 0. The molecule has 0 aliphatic rings. The van der Waals surface area contributed by atoms with Gasteiger partial charge in [-0.3, -0.25) is 19.2 Å². The van der Waals surface area contributed by atoms with Crippen molar-refractivity contribution < 1.29 is 66.7 Å². The van der Waals surface area contributed by atoms with E-state index in [1.807, 2.05) is 0 Å². The molecule has 16 heteroatoms. The Morgan fingerprint density at radius 1 is 0.643 bits per heavy atom. The van der Waals surface area contributed by atoms with Gasteiger partial charge in [0, 0.05) is 19.8 Å². The summed E-state index contributed by atoms with van der Waals surface area (Å²) in [5, 5.41) is 0. The third-order valence-corrected chi connectivity index (χ3v) is 4.99. The van der Waals surface area contributed by atoms with Gasteiger partial charge in [0.2, 0.25) is 12.2 Å². The molecule has 0 amide bonds. The first-order valence-electron chi connectivity index (χ1n) is 13.3. The van der Waals surface area contributed by atoms with Crippen LogP contribution in [0.15, 0.2) is 9.98 Å². The van der Waals surface area contributed by atoms with Crippen LogP contribution in [0, 0.1) is 5.41 Å². The lowest BCUT2D eigenvalue weighted by Crippen LogP contribution is -2.43. The van der Waals surface area contributed by atoms with E-state index in [9.17, 15) is 28.8 Å². The lowest BCUT2D eigenvalue weighted by atomic mass is 9.92. The van der Waals surface area contributed by atoms with Crippen molar-refractivity contribution in [3.63, 3.8) is 0 Å². The van der Waals surface area contributed by atoms with Crippen molar-refractivity contribution in [3.8, 4) is 0 Å². The number of hydrogen-bond acceptors (Lipinski definition) is 16. The number of esters is 3. The van der Waals surface area contributed by atoms with E-state index in [-0.39, 0.29) is 105 Å². The molecule has 0 aromatic heterocycles. The molecule has 0 unspecified atom stereocenters. The summed E-state index contributed by atoms with van der Waals surface area (Å²) in [5.74, 6) is -1.38. The van der Waals surface area contributed by atoms with E-state index < -0.39 is 23.3 Å². The molecule has 0 atom stereocenters. The highest BCUT2D eigenvalue weighted by atomic mass is 16.6. The molecule has 0 bridgehead atoms. The number of aliphatic imine (C=N–C) groups is 2. The number of carbonyl (C=O) groups is 4. The van der Waals surface area contributed by atoms with Crippen LogP contribution in [0.1, 0.15) is 32.6 Å². The van der Waals surface area contributed by atoms with Crippen LogP contribution < -0.4 is 0 Å². The lowest BCUT2D eigenvalue weighted by Gasteiger charge is -2.33. The Morgan fingerprint density at radius 3 is 1.43 bits per heavy atom. The van der Waals surface area contributed by atoms with E-state index in [1.165, 1.54) is 19.1 Å². The first kappa shape index (κ1) is 38.5. The van der Waals surface area contributed by atoms with Gasteiger partial charge >= 0.3 is 17.9 Å². The lowest BCUT2D eigenvalue weighted by molar-refractivity contribution is -0.150. The molecule has 0 rings (SSSR count). The molecule has 42 heavy (non-hydrogen) atoms. The van der Waals surface area contributed by atoms with Crippen LogP contribution in [0.2, 0.25) is 0 Å². The van der Waals surface area contributed by atoms with Crippen LogP contribution in [0.5, 0.6) is 0 Å². The van der Waals surface area contributed by atoms with Crippen LogP contribution >= 0.6 is 0 Å². The van der Waals surface area contributed by atoms with E-state index in [0.717, 1.165) is 0 Å². The Bertz CT molecular complexity index is 810. The van der Waals surface area contributed by atoms with E-state index in [2.05, 4.69) is 14.7 Å². The van der Waals surface area contributed by atoms with Gasteiger partial charge in [0.05, 0.1) is 71.4 Å². The molecule has 0 aliphatic heterocycles. The monoisotopic (exact) mass is 604 g/mol. The maximum absolute atomic E-state index is 11.8. The fraction of sp³-hybridized carbons (Fsp3) is 0.769. The quantitative estimate of drug-likeness (QED) is 0.0278. The van der Waals surface area contributed by atoms with Crippen molar-refractivity contribution in [3.05, 3.63) is 0 Å². The van der Waals surface area contributed by atoms with Crippen molar-refractivity contribution in [1.29, 1.82) is 0 Å². The molecule has 0 saturated carbocycles. The predicted molar refractivity (Wildman–Crippen MR) is 141 cm³/mol. The Balaban J connectivity index is 4.98. The molecule has 0 spiro atoms. The molecule has 0 heterocycles. The molecule has 0 N–H and O–H groups in total. The highest BCUT2D eigenvalue weighted by Crippen LogP contribution is 2.21. The molecule has 0 saturated heterocycles. The summed E-state index contributed by atoms with van der Waals surface area (Å²) in [7, 11) is 0. The van der Waals surface area contributed by atoms with Crippen molar-refractivity contribution in [2.75, 3.05) is 92.4 Å². The van der Waals surface area contributed by atoms with Crippen molar-refractivity contribution >= 4 is 36.5 Å². The zero-order chi connectivity index (χ0) is 31.2. The average molecular weight is 605 g/mol. The molecule has 0 aromatic carbocycles. The van der Waals surface area contributed by atoms with E-state index in [4.69, 9.17) is 33.2 Å². The van der Waals surface area contributed by atoms with Gasteiger partial charge < -0.3 is 37.9 Å². The number of carbonyl (C=O) groups excluding carboxylic acids is 6. The third-order valence-electron chi connectivity index (χ3n) is 4.99. The van der Waals surface area contributed by atoms with Crippen LogP contribution in [0.25, 0.3) is 0 Å². The Morgan fingerprint density at radius 2 is 1.05 bits per heavy atom. The van der Waals surface area contributed by atoms with Gasteiger partial charge in [-0.1, -0.05) is 0 Å². The first-order valence-corrected chi connectivity index (χ1v) is 13.3. The second-order valence-corrected chi connectivity index (χ2v) is 8.61. The fourth-order valence-corrected chi connectivity index (χ4v) is 3.07. The smallest absolute Gasteiger partial charge is 0.305 e. The second-order valence-electron chi connectivity index (χ2n) is 8.61. The van der Waals surface area contributed by atoms with Gasteiger partial charge in [-0.25, -0.2) is 19.6 Å². The van der Waals surface area contributed by atoms with Crippen LogP contribution in [-0.4, -0.2) is 129 Å². The van der Waals surface area contributed by atoms with Crippen LogP contribution in [0.4, 0.5) is 0 Å². The predicted octanol–water partition coefficient (Wildman–Crippen LogP) is 0.0937. The summed E-state index contributed by atoms with van der Waals surface area (Å²) in [5.41, 5.74) is -0.898. The van der Waals surface area contributed by atoms with E-state index in [0.29, 0.717) is 19.3 Å². The van der Waals surface area contributed by atoms with Crippen molar-refractivity contribution in [2.45, 2.75) is 32.6 Å². The maximum Gasteiger partial charge on any atom is 0.305 e. The van der Waals surface area contributed by atoms with Crippen molar-refractivity contribution in [2.24, 2.45) is 15.4 Å². The Hall–Kier alpha value is -3.52. The summed E-state index contributed by atoms with van der Waals surface area (Å²) in [6.07, 6.45) is 3.69. The standard InChI is InChI=1S/C26H40N2O14/c1-23(32)40-13-10-36-17-26(16-35-8-9-39-22-31,18-37-11-14-41-24(33)4-2-6-27-20-29)19-38-12-15-42-25(34)5-3-7-28-21-30/h22H,2-19H2,1H3. The van der Waals surface area contributed by atoms with Gasteiger partial charge in [0.1, 0.15) is 26.4 Å². The van der Waals surface area contributed by atoms with Gasteiger partial charge in [0.25, 0.3) is 6.47 Å². The third kappa shape index (κ3) is 24.3. The minimum absolute atomic E-state index is 0.0246. The van der Waals surface area contributed by atoms with Gasteiger partial charge in [-0.15, -0.1) is 0 Å². The Kier molecular flexibility index (Phi) is 25.3. The molecule has 0 radical (unpaired) electrons. The normalized spacial score (nSPS) is 11.7. The minimum Gasteiger partial charge on any atom is -0.465 e. The summed E-state index contributed by atoms with van der Waals surface area (Å²) in [4.78, 5) is 71.8. The highest BCUT2D eigenvalue weighted by Gasteiger charge is 2.33. The molecular weight excluding hydrogens is 564 g/mol. The minimum atomic E-state index is -0.898. The van der Waals surface area contributed by atoms with E-state index >= 15 is 0 Å². The van der Waals surface area contributed by atoms with Gasteiger partial charge in [-0.2, -0.15) is 0 Å². The molecule has 0 aliphatic carbocycles. The fourth-order valence-electron chi connectivity index (χ4n) is 3.07.